The van der Waals surface area contributed by atoms with Crippen molar-refractivity contribution in [3.8, 4) is 5.75 Å². The van der Waals surface area contributed by atoms with Crippen LogP contribution in [-0.4, -0.2) is 0 Å². The van der Waals surface area contributed by atoms with Crippen LogP contribution in [-0.2, 0) is 13.0 Å². The zero-order valence-corrected chi connectivity index (χ0v) is 13.7. The molecule has 0 aliphatic carbocycles. The smallest absolute Gasteiger partial charge is 0.148 e. The van der Waals surface area contributed by atoms with Crippen LogP contribution in [0.1, 0.15) is 22.2 Å². The van der Waals surface area contributed by atoms with Gasteiger partial charge in [0.1, 0.15) is 23.9 Å². The van der Waals surface area contributed by atoms with E-state index in [0.29, 0.717) is 12.4 Å². The minimum Gasteiger partial charge on any atom is -0.486 e. The van der Waals surface area contributed by atoms with Gasteiger partial charge in [-0.15, -0.1) is 11.3 Å². The molecule has 0 fully saturated rings. The van der Waals surface area contributed by atoms with Crippen molar-refractivity contribution in [1.82, 2.24) is 5.43 Å². The van der Waals surface area contributed by atoms with Crippen molar-refractivity contribution in [3.63, 3.8) is 0 Å². The second-order valence-electron chi connectivity index (χ2n) is 4.88. The number of nitrogens with one attached hydrogen (secondary N) is 1. The Balaban J connectivity index is 2.28. The molecule has 0 atom stereocenters. The number of nitrogens with two attached hydrogens (primary N) is 2. The van der Waals surface area contributed by atoms with Gasteiger partial charge in [-0.05, 0) is 37.1 Å². The number of benzene rings is 1. The molecule has 0 radical (unpaired) electrons. The second kappa shape index (κ2) is 7.31. The molecule has 0 unspecified atom stereocenters. The van der Waals surface area contributed by atoms with Gasteiger partial charge in [0.05, 0.1) is 0 Å². The Kier molecular flexibility index (Phi) is 5.43. The number of hydrogen-bond acceptors (Lipinski definition) is 6. The lowest BCUT2D eigenvalue weighted by Gasteiger charge is -2.24. The predicted octanol–water partition coefficient (Wildman–Crippen LogP) is 2.81. The summed E-state index contributed by atoms with van der Waals surface area (Å²) in [6.45, 7) is 8.45. The standard InChI is InChI=1S/C16H22N4OS/c1-4-13-6-5-7-15(20(18)12(3)19-17)16(13)21-10-14-9-8-11(2)22-14/h5-9,19H,3-4,10,17-18H2,1-2H3. The van der Waals surface area contributed by atoms with Gasteiger partial charge >= 0.3 is 0 Å². The minimum atomic E-state index is 0.394. The topological polar surface area (TPSA) is 76.5 Å². The summed E-state index contributed by atoms with van der Waals surface area (Å²) in [5.41, 5.74) is 4.28. The quantitative estimate of drug-likeness (QED) is 0.540. The molecule has 0 bridgehead atoms. The number of anilines is 1. The molecule has 0 amide bonds. The molecule has 118 valence electrons. The molecule has 1 heterocycles. The van der Waals surface area contributed by atoms with Crippen molar-refractivity contribution >= 4 is 17.0 Å². The first kappa shape index (κ1) is 16.4. The van der Waals surface area contributed by atoms with Crippen LogP contribution in [0.3, 0.4) is 0 Å². The summed E-state index contributed by atoms with van der Waals surface area (Å²) < 4.78 is 6.05. The normalized spacial score (nSPS) is 10.4. The van der Waals surface area contributed by atoms with Gasteiger partial charge in [-0.3, -0.25) is 5.01 Å². The van der Waals surface area contributed by atoms with Crippen LogP contribution in [0, 0.1) is 6.92 Å². The number of thiophene rings is 1. The van der Waals surface area contributed by atoms with Crippen LogP contribution >= 0.6 is 11.3 Å². The van der Waals surface area contributed by atoms with Crippen molar-refractivity contribution in [2.45, 2.75) is 26.9 Å². The Morgan fingerprint density at radius 1 is 1.36 bits per heavy atom. The number of ether oxygens (including phenoxy) is 1. The van der Waals surface area contributed by atoms with Gasteiger partial charge in [0.25, 0.3) is 0 Å². The van der Waals surface area contributed by atoms with Gasteiger partial charge in [-0.1, -0.05) is 25.6 Å². The highest BCUT2D eigenvalue weighted by Crippen LogP contribution is 2.33. The zero-order chi connectivity index (χ0) is 16.1. The molecule has 0 saturated carbocycles. The summed E-state index contributed by atoms with van der Waals surface area (Å²) >= 11 is 1.73. The zero-order valence-electron chi connectivity index (χ0n) is 12.9. The van der Waals surface area contributed by atoms with Gasteiger partial charge in [-0.2, -0.15) is 0 Å². The van der Waals surface area contributed by atoms with E-state index in [2.05, 4.69) is 38.0 Å². The first-order valence-electron chi connectivity index (χ1n) is 7.07. The van der Waals surface area contributed by atoms with E-state index >= 15 is 0 Å². The summed E-state index contributed by atoms with van der Waals surface area (Å²) in [6, 6.07) is 10.0. The SMILES string of the molecule is C=C(NN)N(N)c1cccc(CC)c1OCc1ccc(C)s1. The van der Waals surface area contributed by atoms with Crippen LogP contribution in [0.5, 0.6) is 5.75 Å². The summed E-state index contributed by atoms with van der Waals surface area (Å²) in [5.74, 6) is 12.6. The van der Waals surface area contributed by atoms with E-state index in [-0.39, 0.29) is 0 Å². The average molecular weight is 318 g/mol. The van der Waals surface area contributed by atoms with Crippen LogP contribution in [0.2, 0.25) is 0 Å². The number of aryl methyl sites for hydroxylation is 2. The number of para-hydroxylation sites is 1. The molecule has 0 aliphatic heterocycles. The molecule has 2 aromatic rings. The highest BCUT2D eigenvalue weighted by Gasteiger charge is 2.15. The summed E-state index contributed by atoms with van der Waals surface area (Å²) in [7, 11) is 0. The van der Waals surface area contributed by atoms with Gasteiger partial charge < -0.3 is 10.2 Å². The maximum Gasteiger partial charge on any atom is 0.148 e. The lowest BCUT2D eigenvalue weighted by molar-refractivity contribution is 0.307. The summed E-state index contributed by atoms with van der Waals surface area (Å²) in [5, 5.41) is 1.40. The predicted molar refractivity (Wildman–Crippen MR) is 92.3 cm³/mol. The van der Waals surface area contributed by atoms with Crippen LogP contribution in [0.25, 0.3) is 0 Å². The van der Waals surface area contributed by atoms with Gasteiger partial charge in [0.15, 0.2) is 0 Å². The van der Waals surface area contributed by atoms with E-state index in [9.17, 15) is 0 Å². The highest BCUT2D eigenvalue weighted by molar-refractivity contribution is 7.11. The number of hydrazine groups is 2. The maximum atomic E-state index is 6.06. The average Bonchev–Trinajstić information content (AvgIpc) is 2.96. The fourth-order valence-electron chi connectivity index (χ4n) is 2.13. The molecule has 1 aromatic heterocycles. The van der Waals surface area contributed by atoms with Crippen LogP contribution in [0.4, 0.5) is 5.69 Å². The van der Waals surface area contributed by atoms with E-state index in [0.717, 1.165) is 23.4 Å². The van der Waals surface area contributed by atoms with E-state index in [4.69, 9.17) is 16.4 Å². The fraction of sp³-hybridized carbons (Fsp3) is 0.250. The van der Waals surface area contributed by atoms with Crippen molar-refractivity contribution in [2.75, 3.05) is 5.01 Å². The molecule has 5 nitrogen and oxygen atoms in total. The summed E-state index contributed by atoms with van der Waals surface area (Å²) in [6.07, 6.45) is 0.850. The molecular formula is C16H22N4OS. The molecule has 0 aliphatic rings. The molecule has 6 heteroatoms. The first-order chi connectivity index (χ1) is 10.6. The van der Waals surface area contributed by atoms with E-state index in [1.54, 1.807) is 11.3 Å². The highest BCUT2D eigenvalue weighted by atomic mass is 32.1. The Morgan fingerprint density at radius 3 is 2.73 bits per heavy atom. The lowest BCUT2D eigenvalue weighted by Crippen LogP contribution is -2.39. The molecule has 5 N–H and O–H groups in total. The molecule has 22 heavy (non-hydrogen) atoms. The van der Waals surface area contributed by atoms with E-state index in [1.165, 1.54) is 14.8 Å². The molecule has 0 saturated heterocycles. The number of hydrogen-bond donors (Lipinski definition) is 3. The van der Waals surface area contributed by atoms with Crippen LogP contribution in [0.15, 0.2) is 42.7 Å². The van der Waals surface area contributed by atoms with Gasteiger partial charge in [-0.25, -0.2) is 11.7 Å². The lowest BCUT2D eigenvalue weighted by atomic mass is 10.1. The maximum absolute atomic E-state index is 6.06. The Bertz CT molecular complexity index is 653. The molecule has 2 rings (SSSR count). The second-order valence-corrected chi connectivity index (χ2v) is 6.25. The Labute approximate surface area is 135 Å². The minimum absolute atomic E-state index is 0.394. The Hall–Kier alpha value is -2.02. The monoisotopic (exact) mass is 318 g/mol. The third-order valence-electron chi connectivity index (χ3n) is 3.33. The van der Waals surface area contributed by atoms with E-state index < -0.39 is 0 Å². The number of nitrogens with zero attached hydrogens (tertiary/aromatic N) is 1. The summed E-state index contributed by atoms with van der Waals surface area (Å²) in [4.78, 5) is 2.44. The van der Waals surface area contributed by atoms with E-state index in [1.807, 2.05) is 18.2 Å². The van der Waals surface area contributed by atoms with Crippen molar-refractivity contribution < 1.29 is 4.74 Å². The third kappa shape index (κ3) is 3.59. The van der Waals surface area contributed by atoms with Crippen molar-refractivity contribution in [1.29, 1.82) is 0 Å². The van der Waals surface area contributed by atoms with Crippen molar-refractivity contribution in [2.24, 2.45) is 11.7 Å². The Morgan fingerprint density at radius 2 is 2.14 bits per heavy atom. The first-order valence-corrected chi connectivity index (χ1v) is 7.88. The van der Waals surface area contributed by atoms with Gasteiger partial charge in [0, 0.05) is 9.75 Å². The largest absolute Gasteiger partial charge is 0.486 e. The molecular weight excluding hydrogens is 296 g/mol. The van der Waals surface area contributed by atoms with Gasteiger partial charge in [0.2, 0.25) is 0 Å². The van der Waals surface area contributed by atoms with Crippen LogP contribution < -0.4 is 26.9 Å². The van der Waals surface area contributed by atoms with Crippen molar-refractivity contribution in [3.05, 3.63) is 58.0 Å². The molecule has 1 aromatic carbocycles. The third-order valence-corrected chi connectivity index (χ3v) is 4.30. The number of rotatable bonds is 7. The fourth-order valence-corrected chi connectivity index (χ4v) is 2.93. The molecule has 0 spiro atoms.